The number of carbonyl (C=O) groups excluding carboxylic acids is 1. The van der Waals surface area contributed by atoms with Gasteiger partial charge in [0.05, 0.1) is 29.1 Å². The molecular weight excluding hydrogens is 262 g/mol. The molecule has 0 spiro atoms. The second kappa shape index (κ2) is 4.42. The molecule has 2 heterocycles. The molecule has 104 valence electrons. The van der Waals surface area contributed by atoms with Crippen LogP contribution in [0.1, 0.15) is 40.9 Å². The van der Waals surface area contributed by atoms with E-state index in [-0.39, 0.29) is 5.91 Å². The van der Waals surface area contributed by atoms with Gasteiger partial charge in [-0.2, -0.15) is 5.26 Å². The highest BCUT2D eigenvalue weighted by Gasteiger charge is 2.44. The summed E-state index contributed by atoms with van der Waals surface area (Å²) in [4.78, 5) is 18.7. The monoisotopic (exact) mass is 277 g/mol. The molecule has 0 N–H and O–H groups in total. The zero-order chi connectivity index (χ0) is 15.2. The smallest absolute Gasteiger partial charge is 0.259 e. The van der Waals surface area contributed by atoms with Gasteiger partial charge in [-0.25, -0.2) is 0 Å². The number of hydrogen-bond donors (Lipinski definition) is 0. The Bertz CT molecular complexity index is 787. The Morgan fingerprint density at radius 1 is 1.24 bits per heavy atom. The predicted octanol–water partition coefficient (Wildman–Crippen LogP) is 3.16. The number of benzene rings is 1. The summed E-state index contributed by atoms with van der Waals surface area (Å²) in [5.74, 6) is -0.0492. The molecule has 1 aromatic heterocycles. The van der Waals surface area contributed by atoms with Crippen LogP contribution in [-0.2, 0) is 5.54 Å². The van der Waals surface area contributed by atoms with E-state index in [0.29, 0.717) is 11.1 Å². The lowest BCUT2D eigenvalue weighted by atomic mass is 9.92. The van der Waals surface area contributed by atoms with Crippen molar-refractivity contribution in [1.82, 2.24) is 4.98 Å². The van der Waals surface area contributed by atoms with Gasteiger partial charge in [0.2, 0.25) is 0 Å². The highest BCUT2D eigenvalue weighted by atomic mass is 16.2. The van der Waals surface area contributed by atoms with E-state index in [2.05, 4.69) is 11.1 Å². The second-order valence-corrected chi connectivity index (χ2v) is 5.79. The van der Waals surface area contributed by atoms with Gasteiger partial charge in [0.1, 0.15) is 0 Å². The maximum Gasteiger partial charge on any atom is 0.259 e. The van der Waals surface area contributed by atoms with Gasteiger partial charge in [-0.1, -0.05) is 0 Å². The normalized spacial score (nSPS) is 15.7. The van der Waals surface area contributed by atoms with Gasteiger partial charge in [-0.15, -0.1) is 0 Å². The first-order valence-corrected chi connectivity index (χ1v) is 6.76. The molecule has 1 aromatic carbocycles. The molecular formula is C17H15N3O. The molecule has 1 aliphatic heterocycles. The van der Waals surface area contributed by atoms with Crippen LogP contribution in [0, 0.1) is 18.3 Å². The summed E-state index contributed by atoms with van der Waals surface area (Å²) in [6.07, 6.45) is 3.46. The van der Waals surface area contributed by atoms with Crippen LogP contribution in [0.5, 0.6) is 0 Å². The number of rotatable bonds is 1. The molecule has 0 atom stereocenters. The minimum absolute atomic E-state index is 0.0492. The second-order valence-electron chi connectivity index (χ2n) is 5.79. The van der Waals surface area contributed by atoms with Crippen molar-refractivity contribution in [2.45, 2.75) is 26.3 Å². The van der Waals surface area contributed by atoms with Crippen LogP contribution in [0.4, 0.5) is 5.69 Å². The Kier molecular flexibility index (Phi) is 2.80. The minimum Gasteiger partial charge on any atom is -0.297 e. The van der Waals surface area contributed by atoms with E-state index in [0.717, 1.165) is 16.8 Å². The summed E-state index contributed by atoms with van der Waals surface area (Å²) in [5.41, 5.74) is 3.38. The van der Waals surface area contributed by atoms with Gasteiger partial charge >= 0.3 is 0 Å². The molecule has 0 fully saturated rings. The third-order valence-electron chi connectivity index (χ3n) is 3.92. The number of anilines is 1. The maximum atomic E-state index is 12.7. The van der Waals surface area contributed by atoms with Crippen molar-refractivity contribution in [3.8, 4) is 6.07 Å². The molecule has 0 radical (unpaired) electrons. The van der Waals surface area contributed by atoms with Gasteiger partial charge in [0.25, 0.3) is 5.91 Å². The molecule has 0 aliphatic carbocycles. The zero-order valence-electron chi connectivity index (χ0n) is 12.2. The van der Waals surface area contributed by atoms with Crippen molar-refractivity contribution >= 4 is 11.6 Å². The van der Waals surface area contributed by atoms with Crippen molar-refractivity contribution in [3.63, 3.8) is 0 Å². The highest BCUT2D eigenvalue weighted by Crippen LogP contribution is 2.42. The van der Waals surface area contributed by atoms with Crippen LogP contribution in [0.25, 0.3) is 0 Å². The molecule has 4 heteroatoms. The standard InChI is InChI=1S/C17H15N3O/c1-11-6-13(10-19-9-11)20-16(21)14-5-4-12(8-18)7-15(14)17(20,2)3/h4-7,9-10H,1-3H3. The largest absolute Gasteiger partial charge is 0.297 e. The Labute approximate surface area is 123 Å². The number of nitrogens with zero attached hydrogens (tertiary/aromatic N) is 3. The van der Waals surface area contributed by atoms with Crippen LogP contribution >= 0.6 is 0 Å². The molecule has 1 amide bonds. The first-order valence-electron chi connectivity index (χ1n) is 6.76. The average molecular weight is 277 g/mol. The van der Waals surface area contributed by atoms with Crippen LogP contribution in [0.2, 0.25) is 0 Å². The maximum absolute atomic E-state index is 12.7. The number of fused-ring (bicyclic) bond motifs is 1. The van der Waals surface area contributed by atoms with Gasteiger partial charge in [-0.3, -0.25) is 14.7 Å². The SMILES string of the molecule is Cc1cncc(N2C(=O)c3ccc(C#N)cc3C2(C)C)c1. The van der Waals surface area contributed by atoms with Crippen molar-refractivity contribution in [2.24, 2.45) is 0 Å². The van der Waals surface area contributed by atoms with E-state index in [4.69, 9.17) is 5.26 Å². The van der Waals surface area contributed by atoms with E-state index < -0.39 is 5.54 Å². The van der Waals surface area contributed by atoms with Crippen molar-refractivity contribution in [2.75, 3.05) is 4.90 Å². The van der Waals surface area contributed by atoms with Gasteiger partial charge in [0, 0.05) is 11.8 Å². The van der Waals surface area contributed by atoms with E-state index in [1.54, 1.807) is 35.5 Å². The van der Waals surface area contributed by atoms with Crippen LogP contribution < -0.4 is 4.90 Å². The average Bonchev–Trinajstić information content (AvgIpc) is 2.65. The molecule has 2 aromatic rings. The van der Waals surface area contributed by atoms with Crippen molar-refractivity contribution in [3.05, 3.63) is 58.9 Å². The summed E-state index contributed by atoms with van der Waals surface area (Å²) in [5, 5.41) is 9.07. The quantitative estimate of drug-likeness (QED) is 0.804. The van der Waals surface area contributed by atoms with E-state index in [1.165, 1.54) is 0 Å². The summed E-state index contributed by atoms with van der Waals surface area (Å²) >= 11 is 0. The van der Waals surface area contributed by atoms with Crippen LogP contribution in [0.15, 0.2) is 36.7 Å². The molecule has 0 unspecified atom stereocenters. The molecule has 0 saturated heterocycles. The first-order chi connectivity index (χ1) is 9.95. The van der Waals surface area contributed by atoms with E-state index >= 15 is 0 Å². The molecule has 0 saturated carbocycles. The number of hydrogen-bond acceptors (Lipinski definition) is 3. The predicted molar refractivity (Wildman–Crippen MR) is 80.0 cm³/mol. The Morgan fingerprint density at radius 3 is 2.67 bits per heavy atom. The fraction of sp³-hybridized carbons (Fsp3) is 0.235. The van der Waals surface area contributed by atoms with Crippen molar-refractivity contribution < 1.29 is 4.79 Å². The Hall–Kier alpha value is -2.67. The third-order valence-corrected chi connectivity index (χ3v) is 3.92. The number of pyridine rings is 1. The molecule has 1 aliphatic rings. The minimum atomic E-state index is -0.505. The first kappa shape index (κ1) is 13.3. The van der Waals surface area contributed by atoms with Gasteiger partial charge in [-0.05, 0) is 56.2 Å². The fourth-order valence-corrected chi connectivity index (χ4v) is 2.90. The summed E-state index contributed by atoms with van der Waals surface area (Å²) in [6.45, 7) is 5.92. The van der Waals surface area contributed by atoms with E-state index in [9.17, 15) is 4.79 Å². The summed E-state index contributed by atoms with van der Waals surface area (Å²) in [6, 6.07) is 9.30. The van der Waals surface area contributed by atoms with E-state index in [1.807, 2.05) is 26.8 Å². The Morgan fingerprint density at radius 2 is 2.00 bits per heavy atom. The molecule has 3 rings (SSSR count). The fourth-order valence-electron chi connectivity index (χ4n) is 2.90. The summed E-state index contributed by atoms with van der Waals surface area (Å²) in [7, 11) is 0. The van der Waals surface area contributed by atoms with Gasteiger partial charge in [0.15, 0.2) is 0 Å². The third kappa shape index (κ3) is 1.90. The van der Waals surface area contributed by atoms with Crippen LogP contribution in [0.3, 0.4) is 0 Å². The lowest BCUT2D eigenvalue weighted by molar-refractivity contribution is 0.0982. The Balaban J connectivity index is 2.18. The molecule has 4 nitrogen and oxygen atoms in total. The molecule has 21 heavy (non-hydrogen) atoms. The zero-order valence-corrected chi connectivity index (χ0v) is 12.2. The highest BCUT2D eigenvalue weighted by molar-refractivity contribution is 6.12. The number of aromatic nitrogens is 1. The lowest BCUT2D eigenvalue weighted by Gasteiger charge is -2.32. The number of amides is 1. The van der Waals surface area contributed by atoms with Crippen molar-refractivity contribution in [1.29, 1.82) is 5.26 Å². The lowest BCUT2D eigenvalue weighted by Crippen LogP contribution is -2.39. The van der Waals surface area contributed by atoms with Gasteiger partial charge < -0.3 is 0 Å². The number of nitriles is 1. The number of carbonyl (C=O) groups is 1. The van der Waals surface area contributed by atoms with Crippen LogP contribution in [-0.4, -0.2) is 10.9 Å². The topological polar surface area (TPSA) is 57.0 Å². The summed E-state index contributed by atoms with van der Waals surface area (Å²) < 4.78 is 0. The number of aryl methyl sites for hydroxylation is 1. The molecule has 0 bridgehead atoms.